The summed E-state index contributed by atoms with van der Waals surface area (Å²) in [4.78, 5) is 4.65. The number of sulfonamides is 1. The third-order valence-electron chi connectivity index (χ3n) is 4.18. The third kappa shape index (κ3) is 7.74. The normalized spacial score (nSPS) is 11.3. The Morgan fingerprint density at radius 2 is 1.65 bits per heavy atom. The zero-order valence-corrected chi connectivity index (χ0v) is 21.1. The molecule has 0 saturated carbocycles. The van der Waals surface area contributed by atoms with Crippen molar-refractivity contribution in [3.63, 3.8) is 0 Å². The second kappa shape index (κ2) is 12.6. The number of nitrogens with two attached hydrogens (primary N) is 1. The first-order valence-electron chi connectivity index (χ1n) is 9.25. The first-order valence-corrected chi connectivity index (χ1v) is 10.8. The molecule has 0 aliphatic carbocycles. The zero-order chi connectivity index (χ0) is 22.1. The molecule has 0 radical (unpaired) electrons. The second-order valence-electron chi connectivity index (χ2n) is 6.27. The Labute approximate surface area is 200 Å². The van der Waals surface area contributed by atoms with E-state index in [9.17, 15) is 8.42 Å². The fourth-order valence-electron chi connectivity index (χ4n) is 2.76. The molecule has 0 fully saturated rings. The predicted octanol–water partition coefficient (Wildman–Crippen LogP) is 2.23. The van der Waals surface area contributed by atoms with Crippen LogP contribution in [0.2, 0.25) is 0 Å². The van der Waals surface area contributed by atoms with Gasteiger partial charge >= 0.3 is 0 Å². The van der Waals surface area contributed by atoms with Crippen LogP contribution in [0, 0.1) is 0 Å². The SMILES string of the molecule is CCNC(=NCc1cc(OC)c(OC)c(OC)c1)NCc1cccc(S(N)(=O)=O)c1.I. The maximum absolute atomic E-state index is 11.5. The molecule has 4 N–H and O–H groups in total. The van der Waals surface area contributed by atoms with Gasteiger partial charge in [-0.1, -0.05) is 12.1 Å². The van der Waals surface area contributed by atoms with Crippen molar-refractivity contribution in [2.24, 2.45) is 10.1 Å². The van der Waals surface area contributed by atoms with Crippen molar-refractivity contribution in [3.05, 3.63) is 47.5 Å². The van der Waals surface area contributed by atoms with Crippen molar-refractivity contribution in [1.82, 2.24) is 10.6 Å². The highest BCUT2D eigenvalue weighted by atomic mass is 127. The lowest BCUT2D eigenvalue weighted by Crippen LogP contribution is -2.36. The van der Waals surface area contributed by atoms with Crippen molar-refractivity contribution < 1.29 is 22.6 Å². The molecule has 0 heterocycles. The van der Waals surface area contributed by atoms with Crippen LogP contribution in [-0.4, -0.2) is 42.3 Å². The summed E-state index contributed by atoms with van der Waals surface area (Å²) >= 11 is 0. The fraction of sp³-hybridized carbons (Fsp3) is 0.350. The quantitative estimate of drug-likeness (QED) is 0.243. The van der Waals surface area contributed by atoms with Crippen LogP contribution in [0.15, 0.2) is 46.3 Å². The summed E-state index contributed by atoms with van der Waals surface area (Å²) in [6.45, 7) is 3.37. The van der Waals surface area contributed by atoms with E-state index in [2.05, 4.69) is 15.6 Å². The molecule has 11 heteroatoms. The van der Waals surface area contributed by atoms with E-state index >= 15 is 0 Å². The molecule has 0 amide bonds. The van der Waals surface area contributed by atoms with Gasteiger partial charge in [-0.2, -0.15) is 0 Å². The van der Waals surface area contributed by atoms with Gasteiger partial charge in [0.2, 0.25) is 15.8 Å². The summed E-state index contributed by atoms with van der Waals surface area (Å²) in [5.74, 6) is 2.21. The molecule has 2 aromatic carbocycles. The Kier molecular flexibility index (Phi) is 10.9. The van der Waals surface area contributed by atoms with Crippen molar-refractivity contribution in [2.45, 2.75) is 24.9 Å². The van der Waals surface area contributed by atoms with E-state index in [0.29, 0.717) is 42.8 Å². The van der Waals surface area contributed by atoms with Gasteiger partial charge in [0.05, 0.1) is 32.8 Å². The van der Waals surface area contributed by atoms with Crippen LogP contribution in [0.4, 0.5) is 0 Å². The van der Waals surface area contributed by atoms with Crippen LogP contribution < -0.4 is 30.0 Å². The van der Waals surface area contributed by atoms with Gasteiger partial charge in [-0.3, -0.25) is 0 Å². The van der Waals surface area contributed by atoms with Crippen molar-refractivity contribution in [1.29, 1.82) is 0 Å². The maximum Gasteiger partial charge on any atom is 0.238 e. The summed E-state index contributed by atoms with van der Waals surface area (Å²) in [7, 11) is 0.927. The van der Waals surface area contributed by atoms with E-state index in [1.54, 1.807) is 27.4 Å². The van der Waals surface area contributed by atoms with E-state index < -0.39 is 10.0 Å². The van der Waals surface area contributed by atoms with Gasteiger partial charge in [0, 0.05) is 13.1 Å². The largest absolute Gasteiger partial charge is 0.493 e. The summed E-state index contributed by atoms with van der Waals surface area (Å²) in [5, 5.41) is 11.5. The van der Waals surface area contributed by atoms with Gasteiger partial charge in [0.15, 0.2) is 17.5 Å². The highest BCUT2D eigenvalue weighted by Gasteiger charge is 2.13. The third-order valence-corrected chi connectivity index (χ3v) is 5.09. The lowest BCUT2D eigenvalue weighted by Gasteiger charge is -2.14. The summed E-state index contributed by atoms with van der Waals surface area (Å²) in [5.41, 5.74) is 1.64. The average Bonchev–Trinajstić information content (AvgIpc) is 2.74. The average molecular weight is 564 g/mol. The van der Waals surface area contributed by atoms with Crippen molar-refractivity contribution in [2.75, 3.05) is 27.9 Å². The highest BCUT2D eigenvalue weighted by molar-refractivity contribution is 14.0. The lowest BCUT2D eigenvalue weighted by atomic mass is 10.2. The molecule has 0 aliphatic heterocycles. The van der Waals surface area contributed by atoms with Crippen LogP contribution in [0.5, 0.6) is 17.2 Å². The van der Waals surface area contributed by atoms with Gasteiger partial charge in [-0.05, 0) is 42.3 Å². The zero-order valence-electron chi connectivity index (χ0n) is 18.0. The van der Waals surface area contributed by atoms with E-state index in [1.807, 2.05) is 25.1 Å². The number of methoxy groups -OCH3 is 3. The topological polar surface area (TPSA) is 124 Å². The fourth-order valence-corrected chi connectivity index (χ4v) is 3.34. The first-order chi connectivity index (χ1) is 14.3. The number of primary sulfonamides is 1. The van der Waals surface area contributed by atoms with Crippen molar-refractivity contribution >= 4 is 40.0 Å². The maximum atomic E-state index is 11.5. The molecule has 2 aromatic rings. The standard InChI is InChI=1S/C20H28N4O5S.HI/c1-5-22-20(23-12-14-7-6-8-16(9-14)30(21,25)26)24-13-15-10-17(27-2)19(29-4)18(11-15)28-3;/h6-11H,5,12-13H2,1-4H3,(H2,21,25,26)(H2,22,23,24);1H. The number of hydrogen-bond donors (Lipinski definition) is 3. The minimum absolute atomic E-state index is 0. The predicted molar refractivity (Wildman–Crippen MR) is 131 cm³/mol. The Hall–Kier alpha value is -2.25. The van der Waals surface area contributed by atoms with Crippen LogP contribution in [-0.2, 0) is 23.1 Å². The Bertz CT molecular complexity index is 974. The van der Waals surface area contributed by atoms with Crippen LogP contribution in [0.1, 0.15) is 18.1 Å². The van der Waals surface area contributed by atoms with E-state index in [0.717, 1.165) is 11.1 Å². The lowest BCUT2D eigenvalue weighted by molar-refractivity contribution is 0.324. The molecule has 0 unspecified atom stereocenters. The molecule has 172 valence electrons. The van der Waals surface area contributed by atoms with Gasteiger partial charge in [0.1, 0.15) is 0 Å². The molecule has 0 aliphatic rings. The molecule has 0 bridgehead atoms. The Balaban J connectivity index is 0.00000480. The number of nitrogens with zero attached hydrogens (tertiary/aromatic N) is 1. The molecule has 0 spiro atoms. The molecule has 9 nitrogen and oxygen atoms in total. The van der Waals surface area contributed by atoms with Crippen LogP contribution in [0.3, 0.4) is 0 Å². The molecular formula is C20H29IN4O5S. The molecular weight excluding hydrogens is 535 g/mol. The van der Waals surface area contributed by atoms with Gasteiger partial charge < -0.3 is 24.8 Å². The van der Waals surface area contributed by atoms with Gasteiger partial charge in [-0.25, -0.2) is 18.5 Å². The first kappa shape index (κ1) is 26.8. The van der Waals surface area contributed by atoms with E-state index in [-0.39, 0.29) is 28.9 Å². The minimum atomic E-state index is -3.75. The summed E-state index contributed by atoms with van der Waals surface area (Å²) in [6.07, 6.45) is 0. The number of nitrogens with one attached hydrogen (secondary N) is 2. The van der Waals surface area contributed by atoms with Crippen LogP contribution >= 0.6 is 24.0 Å². The minimum Gasteiger partial charge on any atom is -0.493 e. The Morgan fingerprint density at radius 1 is 1.00 bits per heavy atom. The van der Waals surface area contributed by atoms with Crippen LogP contribution in [0.25, 0.3) is 0 Å². The number of guanidine groups is 1. The number of hydrogen-bond acceptors (Lipinski definition) is 6. The second-order valence-corrected chi connectivity index (χ2v) is 7.84. The summed E-state index contributed by atoms with van der Waals surface area (Å²) in [6, 6.07) is 10.1. The number of benzene rings is 2. The van der Waals surface area contributed by atoms with E-state index in [4.69, 9.17) is 19.3 Å². The number of ether oxygens (including phenoxy) is 3. The number of halogens is 1. The molecule has 0 aromatic heterocycles. The smallest absolute Gasteiger partial charge is 0.238 e. The molecule has 2 rings (SSSR count). The summed E-state index contributed by atoms with van der Waals surface area (Å²) < 4.78 is 39.1. The van der Waals surface area contributed by atoms with Gasteiger partial charge in [0.25, 0.3) is 0 Å². The number of aliphatic imine (C=N–C) groups is 1. The molecule has 0 saturated heterocycles. The highest BCUT2D eigenvalue weighted by Crippen LogP contribution is 2.38. The molecule has 31 heavy (non-hydrogen) atoms. The van der Waals surface area contributed by atoms with Gasteiger partial charge in [-0.15, -0.1) is 24.0 Å². The Morgan fingerprint density at radius 3 is 2.16 bits per heavy atom. The van der Waals surface area contributed by atoms with E-state index in [1.165, 1.54) is 12.1 Å². The monoisotopic (exact) mass is 564 g/mol. The molecule has 0 atom stereocenters. The van der Waals surface area contributed by atoms with Crippen molar-refractivity contribution in [3.8, 4) is 17.2 Å². The number of rotatable bonds is 9.